The van der Waals surface area contributed by atoms with Crippen LogP contribution in [0.3, 0.4) is 0 Å². The molecule has 0 aliphatic heterocycles. The number of likely N-dealkylation sites (N-methyl/N-ethyl adjacent to an activating group) is 1. The van der Waals surface area contributed by atoms with E-state index in [1.165, 1.54) is 7.05 Å². The summed E-state index contributed by atoms with van der Waals surface area (Å²) in [5.74, 6) is -0.196. The Morgan fingerprint density at radius 1 is 1.31 bits per heavy atom. The minimum atomic E-state index is -0.879. The average molecular weight is 187 g/mol. The van der Waals surface area contributed by atoms with Crippen molar-refractivity contribution in [3.05, 3.63) is 0 Å². The van der Waals surface area contributed by atoms with Crippen molar-refractivity contribution in [2.45, 2.75) is 26.3 Å². The molecule has 0 aromatic rings. The molecule has 0 rings (SSSR count). The first kappa shape index (κ1) is 11.7. The summed E-state index contributed by atoms with van der Waals surface area (Å²) in [5, 5.41) is 7.55. The lowest BCUT2D eigenvalue weighted by Gasteiger charge is -2.24. The van der Waals surface area contributed by atoms with Gasteiger partial charge in [0.2, 0.25) is 5.91 Å². The van der Waals surface area contributed by atoms with Crippen molar-refractivity contribution in [3.63, 3.8) is 0 Å². The maximum absolute atomic E-state index is 11.4. The van der Waals surface area contributed by atoms with E-state index in [4.69, 9.17) is 0 Å². The van der Waals surface area contributed by atoms with E-state index < -0.39 is 5.54 Å². The molecule has 5 nitrogen and oxygen atoms in total. The van der Waals surface area contributed by atoms with Crippen LogP contribution in [0.15, 0.2) is 0 Å². The first-order valence-electron chi connectivity index (χ1n) is 4.22. The smallest absolute Gasteiger partial charge is 0.315 e. The molecule has 0 radical (unpaired) electrons. The lowest BCUT2D eigenvalue weighted by Crippen LogP contribution is -2.56. The van der Waals surface area contributed by atoms with Gasteiger partial charge in [-0.1, -0.05) is 0 Å². The molecule has 0 bridgehead atoms. The van der Waals surface area contributed by atoms with Crippen LogP contribution in [-0.4, -0.2) is 31.1 Å². The van der Waals surface area contributed by atoms with Crippen LogP contribution in [0.5, 0.6) is 0 Å². The summed E-state index contributed by atoms with van der Waals surface area (Å²) in [7, 11) is 1.50. The number of nitrogens with one attached hydrogen (secondary N) is 3. The summed E-state index contributed by atoms with van der Waals surface area (Å²) < 4.78 is 0. The standard InChI is InChI=1S/C8H17N3O2/c1-5-10-6(12)8(2,3)11-7(13)9-4/h5H2,1-4H3,(H,10,12)(H2,9,11,13). The Morgan fingerprint density at radius 2 is 1.85 bits per heavy atom. The van der Waals surface area contributed by atoms with Crippen molar-refractivity contribution < 1.29 is 9.59 Å². The maximum atomic E-state index is 11.4. The van der Waals surface area contributed by atoms with Crippen molar-refractivity contribution in [1.82, 2.24) is 16.0 Å². The second-order valence-corrected chi connectivity index (χ2v) is 3.19. The second kappa shape index (κ2) is 4.69. The summed E-state index contributed by atoms with van der Waals surface area (Å²) in [6, 6.07) is -0.365. The Hall–Kier alpha value is -1.26. The molecule has 0 saturated heterocycles. The molecule has 0 spiro atoms. The monoisotopic (exact) mass is 187 g/mol. The van der Waals surface area contributed by atoms with Crippen LogP contribution in [-0.2, 0) is 4.79 Å². The Labute approximate surface area is 78.3 Å². The number of carbonyl (C=O) groups is 2. The van der Waals surface area contributed by atoms with Gasteiger partial charge in [0.05, 0.1) is 0 Å². The maximum Gasteiger partial charge on any atom is 0.315 e. The van der Waals surface area contributed by atoms with Crippen molar-refractivity contribution in [3.8, 4) is 0 Å². The molecule has 5 heteroatoms. The number of hydrogen-bond acceptors (Lipinski definition) is 2. The molecule has 0 aromatic heterocycles. The van der Waals surface area contributed by atoms with Gasteiger partial charge in [-0.3, -0.25) is 4.79 Å². The fourth-order valence-electron chi connectivity index (χ4n) is 0.785. The van der Waals surface area contributed by atoms with Crippen LogP contribution >= 0.6 is 0 Å². The van der Waals surface area contributed by atoms with E-state index in [1.54, 1.807) is 13.8 Å². The number of amides is 3. The van der Waals surface area contributed by atoms with Gasteiger partial charge >= 0.3 is 6.03 Å². The number of carbonyl (C=O) groups excluding carboxylic acids is 2. The highest BCUT2D eigenvalue weighted by Gasteiger charge is 2.28. The van der Waals surface area contributed by atoms with Gasteiger partial charge in [0, 0.05) is 13.6 Å². The minimum absolute atomic E-state index is 0.196. The van der Waals surface area contributed by atoms with E-state index in [0.29, 0.717) is 6.54 Å². The van der Waals surface area contributed by atoms with Crippen molar-refractivity contribution in [2.24, 2.45) is 0 Å². The Bertz CT molecular complexity index is 202. The summed E-state index contributed by atoms with van der Waals surface area (Å²) in [5.41, 5.74) is -0.879. The van der Waals surface area contributed by atoms with Gasteiger partial charge in [-0.2, -0.15) is 0 Å². The van der Waals surface area contributed by atoms with E-state index in [1.807, 2.05) is 6.92 Å². The highest BCUT2D eigenvalue weighted by atomic mass is 16.2. The topological polar surface area (TPSA) is 70.2 Å². The molecule has 0 aliphatic carbocycles. The third kappa shape index (κ3) is 3.78. The molecule has 0 aromatic carbocycles. The highest BCUT2D eigenvalue weighted by Crippen LogP contribution is 2.00. The Kier molecular flexibility index (Phi) is 4.23. The number of rotatable bonds is 3. The lowest BCUT2D eigenvalue weighted by atomic mass is 10.1. The molecule has 0 unspecified atom stereocenters. The van der Waals surface area contributed by atoms with Crippen LogP contribution in [0, 0.1) is 0 Å². The molecule has 76 valence electrons. The minimum Gasteiger partial charge on any atom is -0.354 e. The predicted octanol–water partition coefficient (Wildman–Crippen LogP) is -0.170. The van der Waals surface area contributed by atoms with Crippen molar-refractivity contribution in [1.29, 1.82) is 0 Å². The van der Waals surface area contributed by atoms with E-state index >= 15 is 0 Å². The normalized spacial score (nSPS) is 10.5. The lowest BCUT2D eigenvalue weighted by molar-refractivity contribution is -0.125. The summed E-state index contributed by atoms with van der Waals surface area (Å²) in [6.45, 7) is 5.67. The fraction of sp³-hybridized carbons (Fsp3) is 0.750. The van der Waals surface area contributed by atoms with Crippen molar-refractivity contribution in [2.75, 3.05) is 13.6 Å². The Balaban J connectivity index is 4.21. The molecular weight excluding hydrogens is 170 g/mol. The number of hydrogen-bond donors (Lipinski definition) is 3. The molecule has 0 fully saturated rings. The molecule has 3 N–H and O–H groups in total. The average Bonchev–Trinajstić information content (AvgIpc) is 2.04. The first-order chi connectivity index (χ1) is 5.94. The van der Waals surface area contributed by atoms with Crippen LogP contribution in [0.25, 0.3) is 0 Å². The zero-order valence-corrected chi connectivity index (χ0v) is 8.52. The zero-order chi connectivity index (χ0) is 10.5. The molecule has 0 atom stereocenters. The van der Waals surface area contributed by atoms with Gasteiger partial charge in [-0.05, 0) is 20.8 Å². The Morgan fingerprint density at radius 3 is 2.23 bits per heavy atom. The van der Waals surface area contributed by atoms with Gasteiger partial charge in [-0.15, -0.1) is 0 Å². The predicted molar refractivity (Wildman–Crippen MR) is 50.4 cm³/mol. The molecular formula is C8H17N3O2. The van der Waals surface area contributed by atoms with Crippen LogP contribution in [0.2, 0.25) is 0 Å². The molecule has 13 heavy (non-hydrogen) atoms. The third-order valence-corrected chi connectivity index (χ3v) is 1.56. The van der Waals surface area contributed by atoms with Gasteiger partial charge < -0.3 is 16.0 Å². The summed E-state index contributed by atoms with van der Waals surface area (Å²) in [4.78, 5) is 22.3. The van der Waals surface area contributed by atoms with Gasteiger partial charge in [-0.25, -0.2) is 4.79 Å². The third-order valence-electron chi connectivity index (χ3n) is 1.56. The van der Waals surface area contributed by atoms with Gasteiger partial charge in [0.25, 0.3) is 0 Å². The van der Waals surface area contributed by atoms with E-state index in [2.05, 4.69) is 16.0 Å². The molecule has 0 saturated carbocycles. The van der Waals surface area contributed by atoms with Gasteiger partial charge in [0.1, 0.15) is 5.54 Å². The zero-order valence-electron chi connectivity index (χ0n) is 8.52. The van der Waals surface area contributed by atoms with E-state index in [-0.39, 0.29) is 11.9 Å². The summed E-state index contributed by atoms with van der Waals surface area (Å²) >= 11 is 0. The van der Waals surface area contributed by atoms with Crippen LogP contribution in [0.1, 0.15) is 20.8 Å². The fourth-order valence-corrected chi connectivity index (χ4v) is 0.785. The molecule has 0 aliphatic rings. The SMILES string of the molecule is CCNC(=O)C(C)(C)NC(=O)NC. The van der Waals surface area contributed by atoms with Crippen LogP contribution < -0.4 is 16.0 Å². The van der Waals surface area contributed by atoms with E-state index in [9.17, 15) is 9.59 Å². The first-order valence-corrected chi connectivity index (χ1v) is 4.22. The van der Waals surface area contributed by atoms with Crippen LogP contribution in [0.4, 0.5) is 4.79 Å². The molecule has 0 heterocycles. The highest BCUT2D eigenvalue weighted by molar-refractivity contribution is 5.90. The largest absolute Gasteiger partial charge is 0.354 e. The number of urea groups is 1. The van der Waals surface area contributed by atoms with E-state index in [0.717, 1.165) is 0 Å². The van der Waals surface area contributed by atoms with Gasteiger partial charge in [0.15, 0.2) is 0 Å². The molecule has 3 amide bonds. The quantitative estimate of drug-likeness (QED) is 0.574. The van der Waals surface area contributed by atoms with Crippen molar-refractivity contribution >= 4 is 11.9 Å². The summed E-state index contributed by atoms with van der Waals surface area (Å²) in [6.07, 6.45) is 0. The second-order valence-electron chi connectivity index (χ2n) is 3.19.